The Morgan fingerprint density at radius 1 is 0.806 bits per heavy atom. The van der Waals surface area contributed by atoms with E-state index >= 15 is 0 Å². The molecule has 1 aromatic heterocycles. The van der Waals surface area contributed by atoms with Crippen molar-refractivity contribution in [1.82, 2.24) is 0 Å². The van der Waals surface area contributed by atoms with E-state index in [0.717, 1.165) is 11.1 Å². The molecule has 2 N–H and O–H groups in total. The highest BCUT2D eigenvalue weighted by atomic mass is 35.5. The quantitative estimate of drug-likeness (QED) is 0.384. The smallest absolute Gasteiger partial charge is 0.291 e. The Labute approximate surface area is 184 Å². The van der Waals surface area contributed by atoms with Crippen molar-refractivity contribution in [3.63, 3.8) is 0 Å². The first-order valence-corrected chi connectivity index (χ1v) is 10.0. The van der Waals surface area contributed by atoms with Gasteiger partial charge in [-0.2, -0.15) is 0 Å². The van der Waals surface area contributed by atoms with E-state index in [1.807, 2.05) is 31.2 Å². The van der Waals surface area contributed by atoms with Gasteiger partial charge in [0, 0.05) is 27.5 Å². The van der Waals surface area contributed by atoms with Crippen LogP contribution in [0.5, 0.6) is 0 Å². The Bertz CT molecular complexity index is 1250. The fraction of sp³-hybridized carbons (Fsp3) is 0.0400. The van der Waals surface area contributed by atoms with Gasteiger partial charge in [-0.3, -0.25) is 9.59 Å². The highest BCUT2D eigenvalue weighted by molar-refractivity contribution is 6.30. The zero-order valence-corrected chi connectivity index (χ0v) is 17.4. The number of carbonyl (C=O) groups is 2. The zero-order chi connectivity index (χ0) is 21.8. The van der Waals surface area contributed by atoms with Gasteiger partial charge in [0.25, 0.3) is 11.8 Å². The van der Waals surface area contributed by atoms with Gasteiger partial charge >= 0.3 is 0 Å². The number of nitrogens with one attached hydrogen (secondary N) is 2. The molecule has 3 aromatic carbocycles. The molecule has 0 aliphatic heterocycles. The molecule has 1 heterocycles. The summed E-state index contributed by atoms with van der Waals surface area (Å²) in [6.45, 7) is 1.88. The predicted molar refractivity (Wildman–Crippen MR) is 123 cm³/mol. The van der Waals surface area contributed by atoms with Crippen molar-refractivity contribution in [1.29, 1.82) is 0 Å². The van der Waals surface area contributed by atoms with Crippen molar-refractivity contribution in [2.75, 3.05) is 10.6 Å². The minimum atomic E-state index is -0.391. The van der Waals surface area contributed by atoms with Crippen molar-refractivity contribution in [3.05, 3.63) is 107 Å². The van der Waals surface area contributed by atoms with Gasteiger partial charge in [0.15, 0.2) is 5.76 Å². The molecular weight excluding hydrogens is 412 g/mol. The Kier molecular flexibility index (Phi) is 5.87. The maximum absolute atomic E-state index is 12.6. The standard InChI is InChI=1S/C25H19ClN2O3/c1-16-10-11-20(15-21(16)28-24(29)17-6-3-2-4-7-17)27-25(30)23-13-12-22(31-23)18-8-5-9-19(26)14-18/h2-15H,1H3,(H,27,30)(H,28,29). The van der Waals surface area contributed by atoms with Crippen LogP contribution in [0, 0.1) is 6.92 Å². The summed E-state index contributed by atoms with van der Waals surface area (Å²) < 4.78 is 5.69. The van der Waals surface area contributed by atoms with Crippen LogP contribution in [0.15, 0.2) is 89.3 Å². The van der Waals surface area contributed by atoms with Crippen LogP contribution in [-0.2, 0) is 0 Å². The molecule has 0 radical (unpaired) electrons. The molecule has 0 aliphatic rings. The van der Waals surface area contributed by atoms with Crippen LogP contribution in [-0.4, -0.2) is 11.8 Å². The lowest BCUT2D eigenvalue weighted by Gasteiger charge is -2.11. The van der Waals surface area contributed by atoms with Crippen molar-refractivity contribution < 1.29 is 14.0 Å². The molecule has 0 saturated carbocycles. The number of anilines is 2. The molecule has 0 saturated heterocycles. The lowest BCUT2D eigenvalue weighted by atomic mass is 10.1. The number of hydrogen-bond donors (Lipinski definition) is 2. The van der Waals surface area contributed by atoms with Crippen molar-refractivity contribution in [2.45, 2.75) is 6.92 Å². The Morgan fingerprint density at radius 3 is 2.39 bits per heavy atom. The predicted octanol–water partition coefficient (Wildman–Crippen LogP) is 6.41. The molecule has 31 heavy (non-hydrogen) atoms. The average Bonchev–Trinajstić information content (AvgIpc) is 3.27. The Balaban J connectivity index is 1.49. The van der Waals surface area contributed by atoms with E-state index in [1.165, 1.54) is 0 Å². The molecule has 0 fully saturated rings. The maximum Gasteiger partial charge on any atom is 0.291 e. The second-order valence-electron chi connectivity index (χ2n) is 6.98. The van der Waals surface area contributed by atoms with Gasteiger partial charge in [-0.25, -0.2) is 0 Å². The maximum atomic E-state index is 12.6. The van der Waals surface area contributed by atoms with Gasteiger partial charge in [-0.05, 0) is 61.0 Å². The number of benzene rings is 3. The number of halogens is 1. The molecule has 0 aliphatic carbocycles. The Morgan fingerprint density at radius 2 is 1.61 bits per heavy atom. The van der Waals surface area contributed by atoms with Crippen molar-refractivity contribution in [3.8, 4) is 11.3 Å². The van der Waals surface area contributed by atoms with Crippen molar-refractivity contribution in [2.24, 2.45) is 0 Å². The minimum Gasteiger partial charge on any atom is -0.451 e. The first kappa shape index (κ1) is 20.4. The van der Waals surface area contributed by atoms with Crippen LogP contribution in [0.4, 0.5) is 11.4 Å². The summed E-state index contributed by atoms with van der Waals surface area (Å²) in [6.07, 6.45) is 0. The number of rotatable bonds is 5. The SMILES string of the molecule is Cc1ccc(NC(=O)c2ccc(-c3cccc(Cl)c3)o2)cc1NC(=O)c1ccccc1. The van der Waals surface area contributed by atoms with Crippen LogP contribution in [0.2, 0.25) is 5.02 Å². The third-order valence-corrected chi connectivity index (χ3v) is 4.95. The summed E-state index contributed by atoms with van der Waals surface area (Å²) >= 11 is 6.02. The normalized spacial score (nSPS) is 10.5. The fourth-order valence-corrected chi connectivity index (χ4v) is 3.26. The molecule has 0 atom stereocenters. The van der Waals surface area contributed by atoms with Gasteiger partial charge in [-0.1, -0.05) is 48.0 Å². The van der Waals surface area contributed by atoms with E-state index in [4.69, 9.17) is 16.0 Å². The second kappa shape index (κ2) is 8.90. The van der Waals surface area contributed by atoms with E-state index < -0.39 is 5.91 Å². The second-order valence-corrected chi connectivity index (χ2v) is 7.41. The first-order valence-electron chi connectivity index (χ1n) is 9.64. The third-order valence-electron chi connectivity index (χ3n) is 4.72. The van der Waals surface area contributed by atoms with Crippen LogP contribution < -0.4 is 10.6 Å². The molecule has 0 bridgehead atoms. The molecule has 0 spiro atoms. The molecule has 2 amide bonds. The van der Waals surface area contributed by atoms with Gasteiger partial charge in [0.05, 0.1) is 0 Å². The number of carbonyl (C=O) groups excluding carboxylic acids is 2. The first-order chi connectivity index (χ1) is 15.0. The lowest BCUT2D eigenvalue weighted by molar-refractivity contribution is 0.0995. The summed E-state index contributed by atoms with van der Waals surface area (Å²) in [5.74, 6) is 0.111. The zero-order valence-electron chi connectivity index (χ0n) is 16.7. The molecule has 5 nitrogen and oxygen atoms in total. The molecule has 4 aromatic rings. The molecular formula is C25H19ClN2O3. The number of amides is 2. The third kappa shape index (κ3) is 4.85. The van der Waals surface area contributed by atoms with Crippen LogP contribution in [0.3, 0.4) is 0 Å². The number of furan rings is 1. The van der Waals surface area contributed by atoms with E-state index in [0.29, 0.717) is 27.7 Å². The summed E-state index contributed by atoms with van der Waals surface area (Å²) in [4.78, 5) is 25.1. The summed E-state index contributed by atoms with van der Waals surface area (Å²) in [5, 5.41) is 6.28. The van der Waals surface area contributed by atoms with Gasteiger partial charge in [-0.15, -0.1) is 0 Å². The van der Waals surface area contributed by atoms with E-state index in [9.17, 15) is 9.59 Å². The van der Waals surface area contributed by atoms with Gasteiger partial charge in [0.1, 0.15) is 5.76 Å². The van der Waals surface area contributed by atoms with Gasteiger partial charge < -0.3 is 15.1 Å². The highest BCUT2D eigenvalue weighted by Crippen LogP contribution is 2.26. The fourth-order valence-electron chi connectivity index (χ4n) is 3.07. The summed E-state index contributed by atoms with van der Waals surface area (Å²) in [6, 6.07) is 24.8. The number of aryl methyl sites for hydroxylation is 1. The minimum absolute atomic E-state index is 0.172. The van der Waals surface area contributed by atoms with Crippen LogP contribution in [0.1, 0.15) is 26.5 Å². The average molecular weight is 431 g/mol. The van der Waals surface area contributed by atoms with Crippen molar-refractivity contribution >= 4 is 34.8 Å². The molecule has 154 valence electrons. The lowest BCUT2D eigenvalue weighted by Crippen LogP contribution is -2.14. The Hall–Kier alpha value is -3.83. The topological polar surface area (TPSA) is 71.3 Å². The van der Waals surface area contributed by atoms with Gasteiger partial charge in [0.2, 0.25) is 0 Å². The summed E-state index contributed by atoms with van der Waals surface area (Å²) in [7, 11) is 0. The van der Waals surface area contributed by atoms with E-state index in [-0.39, 0.29) is 11.7 Å². The number of hydrogen-bond acceptors (Lipinski definition) is 3. The summed E-state index contributed by atoms with van der Waals surface area (Å²) in [5.41, 5.74) is 3.38. The van der Waals surface area contributed by atoms with E-state index in [1.54, 1.807) is 60.7 Å². The van der Waals surface area contributed by atoms with Crippen LogP contribution >= 0.6 is 11.6 Å². The molecule has 6 heteroatoms. The highest BCUT2D eigenvalue weighted by Gasteiger charge is 2.14. The van der Waals surface area contributed by atoms with Crippen LogP contribution in [0.25, 0.3) is 11.3 Å². The molecule has 4 rings (SSSR count). The largest absolute Gasteiger partial charge is 0.451 e. The molecule has 0 unspecified atom stereocenters. The monoisotopic (exact) mass is 430 g/mol. The van der Waals surface area contributed by atoms with E-state index in [2.05, 4.69) is 10.6 Å².